The first-order chi connectivity index (χ1) is 7.24. The lowest BCUT2D eigenvalue weighted by Gasteiger charge is -2.02. The van der Waals surface area contributed by atoms with Gasteiger partial charge in [0, 0.05) is 22.7 Å². The van der Waals surface area contributed by atoms with Gasteiger partial charge in [-0.05, 0) is 13.0 Å². The Balaban J connectivity index is 2.60. The fraction of sp³-hybridized carbons (Fsp3) is 0.182. The molecule has 1 atom stereocenters. The average Bonchev–Trinajstić information content (AvgIpc) is 2.63. The van der Waals surface area contributed by atoms with E-state index in [9.17, 15) is 9.70 Å². The molecule has 2 rings (SSSR count). The summed E-state index contributed by atoms with van der Waals surface area (Å²) in [7, 11) is 0. The van der Waals surface area contributed by atoms with Gasteiger partial charge in [0.2, 0.25) is 0 Å². The Labute approximate surface area is 86.3 Å². The first-order valence-electron chi connectivity index (χ1n) is 4.63. The van der Waals surface area contributed by atoms with Crippen LogP contribution in [0.15, 0.2) is 35.6 Å². The predicted molar refractivity (Wildman–Crippen MR) is 57.5 cm³/mol. The summed E-state index contributed by atoms with van der Waals surface area (Å²) >= 11 is 0. The van der Waals surface area contributed by atoms with Gasteiger partial charge in [-0.2, -0.15) is 0 Å². The number of aromatic nitrogens is 1. The van der Waals surface area contributed by atoms with E-state index in [1.165, 1.54) is 6.92 Å². The summed E-state index contributed by atoms with van der Waals surface area (Å²) in [6, 6.07) is 6.60. The molecule has 1 aromatic heterocycles. The number of carbonyl (C=O) groups excluding carboxylic acids is 1. The molecule has 0 radical (unpaired) electrons. The van der Waals surface area contributed by atoms with E-state index in [4.69, 9.17) is 0 Å². The van der Waals surface area contributed by atoms with E-state index < -0.39 is 6.04 Å². The summed E-state index contributed by atoms with van der Waals surface area (Å²) in [6.45, 7) is 1.37. The van der Waals surface area contributed by atoms with Crippen LogP contribution in [-0.4, -0.2) is 10.8 Å². The average molecular weight is 202 g/mol. The second-order valence-corrected chi connectivity index (χ2v) is 3.41. The lowest BCUT2D eigenvalue weighted by atomic mass is 10.0. The zero-order valence-corrected chi connectivity index (χ0v) is 8.23. The van der Waals surface area contributed by atoms with Crippen molar-refractivity contribution in [2.45, 2.75) is 13.0 Å². The van der Waals surface area contributed by atoms with Gasteiger partial charge in [0.25, 0.3) is 0 Å². The first-order valence-corrected chi connectivity index (χ1v) is 4.63. The third-order valence-electron chi connectivity index (χ3n) is 2.41. The molecule has 0 spiro atoms. The van der Waals surface area contributed by atoms with E-state index >= 15 is 0 Å². The van der Waals surface area contributed by atoms with Crippen molar-refractivity contribution in [3.63, 3.8) is 0 Å². The van der Waals surface area contributed by atoms with E-state index in [0.717, 1.165) is 10.9 Å². The van der Waals surface area contributed by atoms with Gasteiger partial charge >= 0.3 is 0 Å². The lowest BCUT2D eigenvalue weighted by Crippen LogP contribution is -2.04. The molecule has 0 fully saturated rings. The van der Waals surface area contributed by atoms with E-state index in [1.54, 1.807) is 6.20 Å². The maximum Gasteiger partial charge on any atom is 0.177 e. The van der Waals surface area contributed by atoms with Crippen molar-refractivity contribution in [1.29, 1.82) is 0 Å². The maximum absolute atomic E-state index is 11.2. The number of benzene rings is 1. The zero-order valence-electron chi connectivity index (χ0n) is 8.23. The summed E-state index contributed by atoms with van der Waals surface area (Å²) in [6.07, 6.45) is 1.66. The minimum atomic E-state index is -0.902. The van der Waals surface area contributed by atoms with E-state index in [1.807, 2.05) is 24.3 Å². The number of hydrogen-bond acceptors (Lipinski definition) is 3. The second-order valence-electron chi connectivity index (χ2n) is 3.41. The Morgan fingerprint density at radius 1 is 1.40 bits per heavy atom. The number of nitrogens with one attached hydrogen (secondary N) is 1. The molecule has 4 nitrogen and oxygen atoms in total. The predicted octanol–water partition coefficient (Wildman–Crippen LogP) is 2.56. The fourth-order valence-electron chi connectivity index (χ4n) is 1.67. The second kappa shape index (κ2) is 3.65. The molecule has 1 aromatic carbocycles. The van der Waals surface area contributed by atoms with Crippen LogP contribution in [0.1, 0.15) is 18.5 Å². The quantitative estimate of drug-likeness (QED) is 0.777. The molecule has 0 amide bonds. The molecule has 15 heavy (non-hydrogen) atoms. The van der Waals surface area contributed by atoms with Crippen molar-refractivity contribution in [3.8, 4) is 0 Å². The Kier molecular flexibility index (Phi) is 2.33. The number of H-pyrrole nitrogens is 1. The van der Waals surface area contributed by atoms with E-state index in [-0.39, 0.29) is 5.78 Å². The van der Waals surface area contributed by atoms with Crippen molar-refractivity contribution < 1.29 is 4.79 Å². The van der Waals surface area contributed by atoms with Gasteiger partial charge in [-0.1, -0.05) is 23.4 Å². The summed E-state index contributed by atoms with van der Waals surface area (Å²) in [5.41, 5.74) is 1.55. The highest BCUT2D eigenvalue weighted by atomic mass is 16.3. The maximum atomic E-state index is 11.2. The molecule has 0 aliphatic carbocycles. The molecule has 1 unspecified atom stereocenters. The molecule has 0 saturated carbocycles. The lowest BCUT2D eigenvalue weighted by molar-refractivity contribution is -0.118. The van der Waals surface area contributed by atoms with Gasteiger partial charge < -0.3 is 4.98 Å². The SMILES string of the molecule is CC(=O)C(N=O)c1c[nH]c2ccccc12. The normalized spacial score (nSPS) is 12.6. The number of aromatic amines is 1. The number of para-hydroxylation sites is 1. The molecule has 0 aliphatic heterocycles. The van der Waals surface area contributed by atoms with Crippen LogP contribution >= 0.6 is 0 Å². The Bertz CT molecular complexity index is 516. The van der Waals surface area contributed by atoms with Gasteiger partial charge in [-0.25, -0.2) is 0 Å². The Morgan fingerprint density at radius 3 is 2.80 bits per heavy atom. The topological polar surface area (TPSA) is 62.3 Å². The highest BCUT2D eigenvalue weighted by molar-refractivity contribution is 5.91. The van der Waals surface area contributed by atoms with Crippen LogP contribution in [0.4, 0.5) is 0 Å². The van der Waals surface area contributed by atoms with Gasteiger partial charge in [-0.15, -0.1) is 4.91 Å². The minimum absolute atomic E-state index is 0.241. The van der Waals surface area contributed by atoms with E-state index in [0.29, 0.717) is 5.56 Å². The summed E-state index contributed by atoms with van der Waals surface area (Å²) in [5.74, 6) is -0.241. The van der Waals surface area contributed by atoms with Crippen molar-refractivity contribution >= 4 is 16.7 Å². The zero-order chi connectivity index (χ0) is 10.8. The minimum Gasteiger partial charge on any atom is -0.361 e. The largest absolute Gasteiger partial charge is 0.361 e. The van der Waals surface area contributed by atoms with Crippen LogP contribution in [0, 0.1) is 4.91 Å². The highest BCUT2D eigenvalue weighted by Crippen LogP contribution is 2.26. The molecular formula is C11H10N2O2. The van der Waals surface area contributed by atoms with Gasteiger partial charge in [0.15, 0.2) is 11.8 Å². The Hall–Kier alpha value is -1.97. The number of rotatable bonds is 3. The van der Waals surface area contributed by atoms with Gasteiger partial charge in [0.1, 0.15) is 0 Å². The van der Waals surface area contributed by atoms with Crippen molar-refractivity contribution in [3.05, 3.63) is 40.9 Å². The highest BCUT2D eigenvalue weighted by Gasteiger charge is 2.20. The monoisotopic (exact) mass is 202 g/mol. The number of hydrogen-bond donors (Lipinski definition) is 1. The Morgan fingerprint density at radius 2 is 2.13 bits per heavy atom. The van der Waals surface area contributed by atoms with E-state index in [2.05, 4.69) is 10.2 Å². The van der Waals surface area contributed by atoms with Crippen LogP contribution in [0.25, 0.3) is 10.9 Å². The molecule has 4 heteroatoms. The van der Waals surface area contributed by atoms with Crippen molar-refractivity contribution in [2.75, 3.05) is 0 Å². The molecule has 76 valence electrons. The summed E-state index contributed by atoms with van der Waals surface area (Å²) in [5, 5.41) is 3.73. The number of fused-ring (bicyclic) bond motifs is 1. The number of ketones is 1. The van der Waals surface area contributed by atoms with Crippen LogP contribution < -0.4 is 0 Å². The smallest absolute Gasteiger partial charge is 0.177 e. The van der Waals surface area contributed by atoms with Crippen molar-refractivity contribution in [1.82, 2.24) is 4.98 Å². The molecule has 0 bridgehead atoms. The van der Waals surface area contributed by atoms with Gasteiger partial charge in [0.05, 0.1) is 0 Å². The first kappa shape index (κ1) is 9.58. The summed E-state index contributed by atoms with van der Waals surface area (Å²) < 4.78 is 0. The fourth-order valence-corrected chi connectivity index (χ4v) is 1.67. The van der Waals surface area contributed by atoms with Crippen LogP contribution in [-0.2, 0) is 4.79 Å². The summed E-state index contributed by atoms with van der Waals surface area (Å²) in [4.78, 5) is 24.8. The third kappa shape index (κ3) is 1.54. The molecule has 0 aliphatic rings. The van der Waals surface area contributed by atoms with Crippen molar-refractivity contribution in [2.24, 2.45) is 5.18 Å². The van der Waals surface area contributed by atoms with Crippen LogP contribution in [0.5, 0.6) is 0 Å². The number of Topliss-reactive ketones (excluding diaryl/α,β-unsaturated/α-hetero) is 1. The molecule has 0 saturated heterocycles. The van der Waals surface area contributed by atoms with Gasteiger partial charge in [-0.3, -0.25) is 4.79 Å². The van der Waals surface area contributed by atoms with Crippen LogP contribution in [0.2, 0.25) is 0 Å². The molecule has 1 N–H and O–H groups in total. The third-order valence-corrected chi connectivity index (χ3v) is 2.41. The number of nitroso groups, excluding NO2 is 1. The molecular weight excluding hydrogens is 192 g/mol. The molecule has 2 aromatic rings. The number of nitrogens with zero attached hydrogens (tertiary/aromatic N) is 1. The van der Waals surface area contributed by atoms with Crippen LogP contribution in [0.3, 0.4) is 0 Å². The molecule has 1 heterocycles. The number of carbonyl (C=O) groups is 1. The standard InChI is InChI=1S/C11H10N2O2/c1-7(14)11(13-15)9-6-12-10-5-3-2-4-8(9)10/h2-6,11-12H,1H3.